The van der Waals surface area contributed by atoms with Gasteiger partial charge in [0.05, 0.1) is 30.9 Å². The first kappa shape index (κ1) is 12.0. The quantitative estimate of drug-likeness (QED) is 0.802. The third-order valence-electron chi connectivity index (χ3n) is 2.88. The summed E-state index contributed by atoms with van der Waals surface area (Å²) in [6, 6.07) is 3.50. The van der Waals surface area contributed by atoms with E-state index in [4.69, 9.17) is 9.84 Å². The van der Waals surface area contributed by atoms with Crippen LogP contribution >= 0.6 is 0 Å². The van der Waals surface area contributed by atoms with Crippen molar-refractivity contribution in [2.45, 2.75) is 19.1 Å². The van der Waals surface area contributed by atoms with Crippen molar-refractivity contribution >= 4 is 5.91 Å². The third kappa shape index (κ3) is 2.62. The highest BCUT2D eigenvalue weighted by molar-refractivity contribution is 5.94. The Balaban J connectivity index is 2.12. The lowest BCUT2D eigenvalue weighted by Crippen LogP contribution is -2.52. The van der Waals surface area contributed by atoms with E-state index < -0.39 is 0 Å². The molecule has 5 heteroatoms. The molecule has 1 amide bonds. The smallest absolute Gasteiger partial charge is 0.255 e. The van der Waals surface area contributed by atoms with Crippen molar-refractivity contribution in [3.05, 3.63) is 30.1 Å². The predicted molar refractivity (Wildman–Crippen MR) is 61.6 cm³/mol. The van der Waals surface area contributed by atoms with E-state index in [0.717, 1.165) is 0 Å². The number of aromatic nitrogens is 1. The molecule has 1 fully saturated rings. The summed E-state index contributed by atoms with van der Waals surface area (Å²) in [6.45, 7) is 2.74. The first-order valence-electron chi connectivity index (χ1n) is 5.66. The molecule has 2 unspecified atom stereocenters. The van der Waals surface area contributed by atoms with E-state index in [0.29, 0.717) is 18.7 Å². The Kier molecular flexibility index (Phi) is 3.71. The van der Waals surface area contributed by atoms with Gasteiger partial charge < -0.3 is 14.7 Å². The maximum atomic E-state index is 12.2. The SMILES string of the molecule is CC1COC(CO)CN1C(=O)c1cccnc1. The Morgan fingerprint density at radius 3 is 3.18 bits per heavy atom. The van der Waals surface area contributed by atoms with E-state index in [2.05, 4.69) is 4.98 Å². The minimum Gasteiger partial charge on any atom is -0.394 e. The summed E-state index contributed by atoms with van der Waals surface area (Å²) < 4.78 is 5.40. The second-order valence-corrected chi connectivity index (χ2v) is 4.19. The zero-order valence-corrected chi connectivity index (χ0v) is 9.74. The Morgan fingerprint density at radius 1 is 1.71 bits per heavy atom. The zero-order chi connectivity index (χ0) is 12.3. The Morgan fingerprint density at radius 2 is 2.53 bits per heavy atom. The van der Waals surface area contributed by atoms with Crippen LogP contribution < -0.4 is 0 Å². The average molecular weight is 236 g/mol. The van der Waals surface area contributed by atoms with Gasteiger partial charge in [-0.25, -0.2) is 0 Å². The van der Waals surface area contributed by atoms with Crippen LogP contribution in [0, 0.1) is 0 Å². The van der Waals surface area contributed by atoms with Gasteiger partial charge >= 0.3 is 0 Å². The molecule has 0 spiro atoms. The number of aliphatic hydroxyl groups is 1. The van der Waals surface area contributed by atoms with Crippen LogP contribution in [0.1, 0.15) is 17.3 Å². The molecule has 0 aromatic carbocycles. The van der Waals surface area contributed by atoms with Crippen LogP contribution in [0.25, 0.3) is 0 Å². The van der Waals surface area contributed by atoms with E-state index in [1.54, 1.807) is 29.4 Å². The van der Waals surface area contributed by atoms with E-state index in [1.165, 1.54) is 0 Å². The van der Waals surface area contributed by atoms with Gasteiger partial charge in [0, 0.05) is 18.9 Å². The van der Waals surface area contributed by atoms with Gasteiger partial charge in [-0.2, -0.15) is 0 Å². The second-order valence-electron chi connectivity index (χ2n) is 4.19. The average Bonchev–Trinajstić information content (AvgIpc) is 2.39. The van der Waals surface area contributed by atoms with Gasteiger partial charge in [0.1, 0.15) is 0 Å². The molecule has 0 radical (unpaired) electrons. The van der Waals surface area contributed by atoms with Crippen LogP contribution in [0.4, 0.5) is 0 Å². The lowest BCUT2D eigenvalue weighted by atomic mass is 10.1. The molecule has 2 heterocycles. The number of pyridine rings is 1. The van der Waals surface area contributed by atoms with Gasteiger partial charge in [0.15, 0.2) is 0 Å². The molecule has 17 heavy (non-hydrogen) atoms. The number of carbonyl (C=O) groups is 1. The minimum atomic E-state index is -0.285. The topological polar surface area (TPSA) is 62.7 Å². The van der Waals surface area contributed by atoms with Crippen molar-refractivity contribution in [2.75, 3.05) is 19.8 Å². The summed E-state index contributed by atoms with van der Waals surface area (Å²) in [5.74, 6) is -0.0626. The molecule has 1 N–H and O–H groups in total. The molecule has 0 saturated carbocycles. The number of amides is 1. The molecule has 1 aromatic rings. The van der Waals surface area contributed by atoms with Gasteiger partial charge in [-0.15, -0.1) is 0 Å². The van der Waals surface area contributed by atoms with Gasteiger partial charge in [-0.3, -0.25) is 9.78 Å². The fourth-order valence-electron chi connectivity index (χ4n) is 1.87. The lowest BCUT2D eigenvalue weighted by molar-refractivity contribution is -0.0667. The summed E-state index contributed by atoms with van der Waals surface area (Å²) in [4.78, 5) is 17.9. The second kappa shape index (κ2) is 5.25. The molecular weight excluding hydrogens is 220 g/mol. The number of hydrogen-bond donors (Lipinski definition) is 1. The van der Waals surface area contributed by atoms with Crippen LogP contribution in [0.3, 0.4) is 0 Å². The van der Waals surface area contributed by atoms with Crippen molar-refractivity contribution in [3.63, 3.8) is 0 Å². The minimum absolute atomic E-state index is 0.0190. The molecule has 2 atom stereocenters. The molecule has 5 nitrogen and oxygen atoms in total. The van der Waals surface area contributed by atoms with Gasteiger partial charge in [-0.1, -0.05) is 0 Å². The number of hydrogen-bond acceptors (Lipinski definition) is 4. The van der Waals surface area contributed by atoms with Crippen molar-refractivity contribution in [3.8, 4) is 0 Å². The fraction of sp³-hybridized carbons (Fsp3) is 0.500. The standard InChI is InChI=1S/C12H16N2O3/c1-9-8-17-11(7-15)6-14(9)12(16)10-3-2-4-13-5-10/h2-5,9,11,15H,6-8H2,1H3. The van der Waals surface area contributed by atoms with E-state index in [1.807, 2.05) is 6.92 Å². The van der Waals surface area contributed by atoms with Crippen LogP contribution in [0.2, 0.25) is 0 Å². The molecule has 1 aromatic heterocycles. The zero-order valence-electron chi connectivity index (χ0n) is 9.74. The summed E-state index contributed by atoms with van der Waals surface area (Å²) in [7, 11) is 0. The molecule has 1 saturated heterocycles. The predicted octanol–water partition coefficient (Wildman–Crippen LogP) is 0.303. The number of carbonyl (C=O) groups excluding carboxylic acids is 1. The summed E-state index contributed by atoms with van der Waals surface area (Å²) in [5, 5.41) is 9.07. The molecular formula is C12H16N2O3. The highest BCUT2D eigenvalue weighted by Crippen LogP contribution is 2.14. The highest BCUT2D eigenvalue weighted by Gasteiger charge is 2.29. The Hall–Kier alpha value is -1.46. The molecule has 92 valence electrons. The molecule has 1 aliphatic heterocycles. The summed E-state index contributed by atoms with van der Waals surface area (Å²) in [6.07, 6.45) is 2.90. The van der Waals surface area contributed by atoms with E-state index in [9.17, 15) is 4.79 Å². The van der Waals surface area contributed by atoms with Gasteiger partial charge in [0.25, 0.3) is 5.91 Å². The van der Waals surface area contributed by atoms with Crippen molar-refractivity contribution < 1.29 is 14.6 Å². The maximum Gasteiger partial charge on any atom is 0.255 e. The number of morpholine rings is 1. The summed E-state index contributed by atoms with van der Waals surface area (Å²) in [5.41, 5.74) is 0.568. The number of aliphatic hydroxyl groups excluding tert-OH is 1. The van der Waals surface area contributed by atoms with Gasteiger partial charge in [0.2, 0.25) is 0 Å². The number of ether oxygens (including phenoxy) is 1. The fourth-order valence-corrected chi connectivity index (χ4v) is 1.87. The van der Waals surface area contributed by atoms with Crippen LogP contribution in [0.5, 0.6) is 0 Å². The molecule has 1 aliphatic rings. The van der Waals surface area contributed by atoms with E-state index in [-0.39, 0.29) is 24.7 Å². The largest absolute Gasteiger partial charge is 0.394 e. The van der Waals surface area contributed by atoms with Crippen molar-refractivity contribution in [1.29, 1.82) is 0 Å². The summed E-state index contributed by atoms with van der Waals surface area (Å²) >= 11 is 0. The van der Waals surface area contributed by atoms with Crippen molar-refractivity contribution in [1.82, 2.24) is 9.88 Å². The maximum absolute atomic E-state index is 12.2. The van der Waals surface area contributed by atoms with Crippen LogP contribution in [-0.4, -0.2) is 52.8 Å². The van der Waals surface area contributed by atoms with Gasteiger partial charge in [-0.05, 0) is 19.1 Å². The number of nitrogens with zero attached hydrogens (tertiary/aromatic N) is 2. The lowest BCUT2D eigenvalue weighted by Gasteiger charge is -2.37. The van der Waals surface area contributed by atoms with Crippen LogP contribution in [-0.2, 0) is 4.74 Å². The highest BCUT2D eigenvalue weighted by atomic mass is 16.5. The normalized spacial score (nSPS) is 24.7. The van der Waals surface area contributed by atoms with E-state index >= 15 is 0 Å². The van der Waals surface area contributed by atoms with Crippen LogP contribution in [0.15, 0.2) is 24.5 Å². The molecule has 0 bridgehead atoms. The molecule has 0 aliphatic carbocycles. The van der Waals surface area contributed by atoms with Crippen molar-refractivity contribution in [2.24, 2.45) is 0 Å². The first-order chi connectivity index (χ1) is 8.22. The first-order valence-corrected chi connectivity index (χ1v) is 5.66. The third-order valence-corrected chi connectivity index (χ3v) is 2.88. The monoisotopic (exact) mass is 236 g/mol. The number of rotatable bonds is 2. The molecule has 2 rings (SSSR count). The Labute approximate surface area is 100 Å². The Bertz CT molecular complexity index is 383.